The number of nitrogens with zero attached hydrogens (tertiary/aromatic N) is 3. The molecule has 3 aromatic carbocycles. The lowest BCUT2D eigenvalue weighted by Crippen LogP contribution is -2.45. The summed E-state index contributed by atoms with van der Waals surface area (Å²) in [5.74, 6) is 1.70. The molecule has 2 heterocycles. The highest BCUT2D eigenvalue weighted by Gasteiger charge is 2.34. The van der Waals surface area contributed by atoms with E-state index in [4.69, 9.17) is 26.5 Å². The molecule has 5 rings (SSSR count). The highest BCUT2D eigenvalue weighted by atomic mass is 32.1. The zero-order valence-corrected chi connectivity index (χ0v) is 20.7. The second-order valence-corrected chi connectivity index (χ2v) is 8.91. The number of methoxy groups -OCH3 is 1. The van der Waals surface area contributed by atoms with E-state index in [2.05, 4.69) is 65.6 Å². The van der Waals surface area contributed by atoms with Crippen LogP contribution in [0.1, 0.15) is 35.5 Å². The SMILES string of the molecule is COc1cccc(-c2noc(C3=C(C)N(Cc4ccccc4)C(=S)NC3c3ccc(C)cc3)n2)c1. The monoisotopic (exact) mass is 482 g/mol. The average Bonchev–Trinajstić information content (AvgIpc) is 3.37. The predicted molar refractivity (Wildman–Crippen MR) is 141 cm³/mol. The van der Waals surface area contributed by atoms with E-state index in [1.807, 2.05) is 42.5 Å². The van der Waals surface area contributed by atoms with Gasteiger partial charge in [-0.2, -0.15) is 4.98 Å². The summed E-state index contributed by atoms with van der Waals surface area (Å²) in [5, 5.41) is 8.47. The minimum atomic E-state index is -0.214. The summed E-state index contributed by atoms with van der Waals surface area (Å²) < 4.78 is 11.2. The Labute approximate surface area is 210 Å². The van der Waals surface area contributed by atoms with Gasteiger partial charge in [-0.3, -0.25) is 0 Å². The molecule has 176 valence electrons. The second-order valence-electron chi connectivity index (χ2n) is 8.52. The summed E-state index contributed by atoms with van der Waals surface area (Å²) in [7, 11) is 1.64. The normalized spacial score (nSPS) is 15.8. The van der Waals surface area contributed by atoms with Crippen LogP contribution in [0, 0.1) is 6.92 Å². The fraction of sp³-hybridized carbons (Fsp3) is 0.179. The van der Waals surface area contributed by atoms with E-state index in [0.717, 1.165) is 33.7 Å². The van der Waals surface area contributed by atoms with E-state index < -0.39 is 0 Å². The minimum Gasteiger partial charge on any atom is -0.497 e. The molecule has 7 heteroatoms. The Morgan fingerprint density at radius 2 is 1.77 bits per heavy atom. The van der Waals surface area contributed by atoms with Crippen molar-refractivity contribution < 1.29 is 9.26 Å². The maximum absolute atomic E-state index is 5.84. The van der Waals surface area contributed by atoms with Crippen LogP contribution in [-0.4, -0.2) is 27.3 Å². The van der Waals surface area contributed by atoms with E-state index in [0.29, 0.717) is 23.4 Å². The van der Waals surface area contributed by atoms with Crippen LogP contribution in [0.4, 0.5) is 0 Å². The Kier molecular flexibility index (Phi) is 6.33. The van der Waals surface area contributed by atoms with E-state index in [1.165, 1.54) is 5.56 Å². The van der Waals surface area contributed by atoms with Gasteiger partial charge in [0.15, 0.2) is 5.11 Å². The van der Waals surface area contributed by atoms with Crippen LogP contribution in [0.5, 0.6) is 5.75 Å². The number of aromatic nitrogens is 2. The van der Waals surface area contributed by atoms with Gasteiger partial charge in [-0.25, -0.2) is 0 Å². The van der Waals surface area contributed by atoms with Gasteiger partial charge in [0.1, 0.15) is 5.75 Å². The molecule has 1 aromatic heterocycles. The standard InChI is InChI=1S/C28H26N4O2S/c1-18-12-14-21(15-13-18)25-24(19(2)32(28(35)29-25)17-20-8-5-4-6-9-20)27-30-26(31-34-27)22-10-7-11-23(16-22)33-3/h4-16,25H,17H2,1-3H3,(H,29,35). The third kappa shape index (κ3) is 4.68. The molecule has 4 aromatic rings. The van der Waals surface area contributed by atoms with Crippen LogP contribution in [0.25, 0.3) is 17.0 Å². The fourth-order valence-corrected chi connectivity index (χ4v) is 4.56. The van der Waals surface area contributed by atoms with Gasteiger partial charge in [0.25, 0.3) is 5.89 Å². The zero-order valence-electron chi connectivity index (χ0n) is 19.9. The number of rotatable bonds is 6. The van der Waals surface area contributed by atoms with Crippen molar-refractivity contribution in [2.45, 2.75) is 26.4 Å². The molecule has 35 heavy (non-hydrogen) atoms. The lowest BCUT2D eigenvalue weighted by atomic mass is 9.94. The number of ether oxygens (including phenoxy) is 1. The minimum absolute atomic E-state index is 0.214. The molecule has 0 fully saturated rings. The highest BCUT2D eigenvalue weighted by molar-refractivity contribution is 7.80. The number of nitrogens with one attached hydrogen (secondary N) is 1. The van der Waals surface area contributed by atoms with Crippen molar-refractivity contribution in [2.24, 2.45) is 0 Å². The van der Waals surface area contributed by atoms with E-state index in [9.17, 15) is 0 Å². The summed E-state index contributed by atoms with van der Waals surface area (Å²) in [6.07, 6.45) is 0. The predicted octanol–water partition coefficient (Wildman–Crippen LogP) is 5.92. The Balaban J connectivity index is 1.59. The van der Waals surface area contributed by atoms with Crippen molar-refractivity contribution in [1.82, 2.24) is 20.4 Å². The largest absolute Gasteiger partial charge is 0.497 e. The maximum Gasteiger partial charge on any atom is 0.258 e. The van der Waals surface area contributed by atoms with Gasteiger partial charge in [-0.15, -0.1) is 0 Å². The molecule has 0 saturated carbocycles. The molecule has 1 atom stereocenters. The third-order valence-corrected chi connectivity index (χ3v) is 6.51. The number of allylic oxidation sites excluding steroid dienone is 1. The maximum atomic E-state index is 5.84. The first-order valence-corrected chi connectivity index (χ1v) is 11.8. The summed E-state index contributed by atoms with van der Waals surface area (Å²) in [4.78, 5) is 6.87. The van der Waals surface area contributed by atoms with Gasteiger partial charge < -0.3 is 19.5 Å². The highest BCUT2D eigenvalue weighted by Crippen LogP contribution is 2.38. The Bertz CT molecular complexity index is 1380. The molecule has 1 aliphatic rings. The number of hydrogen-bond acceptors (Lipinski definition) is 5. The van der Waals surface area contributed by atoms with Crippen molar-refractivity contribution in [3.63, 3.8) is 0 Å². The smallest absolute Gasteiger partial charge is 0.258 e. The summed E-state index contributed by atoms with van der Waals surface area (Å²) in [6, 6.07) is 26.1. The zero-order chi connectivity index (χ0) is 24.4. The van der Waals surface area contributed by atoms with Gasteiger partial charge in [0.2, 0.25) is 5.82 Å². The number of thiocarbonyl (C=S) groups is 1. The molecule has 0 bridgehead atoms. The number of aryl methyl sites for hydroxylation is 1. The van der Waals surface area contributed by atoms with Crippen LogP contribution in [0.15, 0.2) is 89.1 Å². The summed E-state index contributed by atoms with van der Waals surface area (Å²) in [6.45, 7) is 4.77. The molecule has 0 radical (unpaired) electrons. The molecule has 0 saturated heterocycles. The van der Waals surface area contributed by atoms with E-state index in [1.54, 1.807) is 7.11 Å². The van der Waals surface area contributed by atoms with Gasteiger partial charge in [-0.05, 0) is 49.3 Å². The van der Waals surface area contributed by atoms with E-state index >= 15 is 0 Å². The second kappa shape index (κ2) is 9.72. The quantitative estimate of drug-likeness (QED) is 0.343. The third-order valence-electron chi connectivity index (χ3n) is 6.17. The van der Waals surface area contributed by atoms with Crippen molar-refractivity contribution in [2.75, 3.05) is 7.11 Å². The van der Waals surface area contributed by atoms with Crippen LogP contribution in [-0.2, 0) is 6.54 Å². The lowest BCUT2D eigenvalue weighted by Gasteiger charge is -2.37. The van der Waals surface area contributed by atoms with Crippen molar-refractivity contribution in [3.05, 3.63) is 107 Å². The van der Waals surface area contributed by atoms with Gasteiger partial charge in [0.05, 0.1) is 18.7 Å². The van der Waals surface area contributed by atoms with Gasteiger partial charge >= 0.3 is 0 Å². The first kappa shape index (κ1) is 22.8. The number of benzene rings is 3. The number of hydrogen-bond donors (Lipinski definition) is 1. The molecule has 1 N–H and O–H groups in total. The van der Waals surface area contributed by atoms with Crippen LogP contribution >= 0.6 is 12.2 Å². The Morgan fingerprint density at radius 1 is 1.00 bits per heavy atom. The summed E-state index contributed by atoms with van der Waals surface area (Å²) in [5.41, 5.74) is 6.13. The molecular formula is C28H26N4O2S. The molecular weight excluding hydrogens is 456 g/mol. The molecule has 6 nitrogen and oxygen atoms in total. The van der Waals surface area contributed by atoms with Crippen molar-refractivity contribution >= 4 is 22.9 Å². The van der Waals surface area contributed by atoms with Crippen molar-refractivity contribution in [1.29, 1.82) is 0 Å². The Morgan fingerprint density at radius 3 is 2.51 bits per heavy atom. The summed E-state index contributed by atoms with van der Waals surface area (Å²) >= 11 is 5.82. The molecule has 1 unspecified atom stereocenters. The van der Waals surface area contributed by atoms with E-state index in [-0.39, 0.29) is 6.04 Å². The first-order valence-electron chi connectivity index (χ1n) is 11.4. The molecule has 1 aliphatic heterocycles. The van der Waals surface area contributed by atoms with Gasteiger partial charge in [0, 0.05) is 17.8 Å². The first-order chi connectivity index (χ1) is 17.0. The average molecular weight is 483 g/mol. The van der Waals surface area contributed by atoms with Crippen molar-refractivity contribution in [3.8, 4) is 17.1 Å². The molecule has 0 aliphatic carbocycles. The topological polar surface area (TPSA) is 63.4 Å². The molecule has 0 amide bonds. The fourth-order valence-electron chi connectivity index (χ4n) is 4.24. The lowest BCUT2D eigenvalue weighted by molar-refractivity contribution is 0.396. The molecule has 0 spiro atoms. The van der Waals surface area contributed by atoms with Crippen LogP contribution in [0.3, 0.4) is 0 Å². The van der Waals surface area contributed by atoms with Crippen LogP contribution < -0.4 is 10.1 Å². The van der Waals surface area contributed by atoms with Crippen LogP contribution in [0.2, 0.25) is 0 Å². The van der Waals surface area contributed by atoms with Gasteiger partial charge in [-0.1, -0.05) is 77.5 Å². The Hall–Kier alpha value is -3.97.